The van der Waals surface area contributed by atoms with Gasteiger partial charge in [-0.05, 0) is 18.1 Å². The van der Waals surface area contributed by atoms with Gasteiger partial charge in [0.15, 0.2) is 0 Å². The molecule has 1 aromatic carbocycles. The largest absolute Gasteiger partial charge is 0.478 e. The Labute approximate surface area is 106 Å². The first kappa shape index (κ1) is 13.7. The molecule has 0 aliphatic heterocycles. The number of hydrogen-bond donors (Lipinski definition) is 2. The van der Waals surface area contributed by atoms with Crippen molar-refractivity contribution in [3.63, 3.8) is 0 Å². The number of carboxylic acids is 1. The van der Waals surface area contributed by atoms with Crippen LogP contribution in [0.5, 0.6) is 0 Å². The minimum absolute atomic E-state index is 0.427. The lowest BCUT2D eigenvalue weighted by Crippen LogP contribution is -2.14. The fourth-order valence-corrected chi connectivity index (χ4v) is 1.63. The first-order chi connectivity index (χ1) is 8.15. The smallest absolute Gasteiger partial charge is 0.331 e. The van der Waals surface area contributed by atoms with Gasteiger partial charge < -0.3 is 10.4 Å². The molecule has 1 rings (SSSR count). The van der Waals surface area contributed by atoms with Gasteiger partial charge in [-0.2, -0.15) is 0 Å². The summed E-state index contributed by atoms with van der Waals surface area (Å²) < 4.78 is 0. The third kappa shape index (κ3) is 4.59. The van der Waals surface area contributed by atoms with Gasteiger partial charge in [-0.15, -0.1) is 0 Å². The summed E-state index contributed by atoms with van der Waals surface area (Å²) >= 11 is 5.99. The number of halogens is 1. The van der Waals surface area contributed by atoms with Crippen LogP contribution in [0.4, 0.5) is 0 Å². The SMILES string of the molecule is CC/C(=C/CNCc1ccccc1Cl)C(=O)O. The molecule has 0 radical (unpaired) electrons. The minimum Gasteiger partial charge on any atom is -0.478 e. The molecule has 3 nitrogen and oxygen atoms in total. The fraction of sp³-hybridized carbons (Fsp3) is 0.308. The summed E-state index contributed by atoms with van der Waals surface area (Å²) in [7, 11) is 0. The highest BCUT2D eigenvalue weighted by Crippen LogP contribution is 2.14. The molecule has 4 heteroatoms. The van der Waals surface area contributed by atoms with Gasteiger partial charge in [0.2, 0.25) is 0 Å². The Morgan fingerprint density at radius 2 is 2.18 bits per heavy atom. The molecule has 0 fully saturated rings. The van der Waals surface area contributed by atoms with Crippen LogP contribution in [0.2, 0.25) is 5.02 Å². The predicted molar refractivity (Wildman–Crippen MR) is 69.2 cm³/mol. The molecule has 92 valence electrons. The van der Waals surface area contributed by atoms with Crippen LogP contribution in [-0.4, -0.2) is 17.6 Å². The summed E-state index contributed by atoms with van der Waals surface area (Å²) in [6.45, 7) is 2.99. The van der Waals surface area contributed by atoms with Crippen LogP contribution in [0.3, 0.4) is 0 Å². The monoisotopic (exact) mass is 253 g/mol. The zero-order valence-corrected chi connectivity index (χ0v) is 10.5. The molecule has 1 aromatic rings. The van der Waals surface area contributed by atoms with E-state index >= 15 is 0 Å². The van der Waals surface area contributed by atoms with E-state index in [0.717, 1.165) is 10.6 Å². The molecule has 0 spiro atoms. The summed E-state index contributed by atoms with van der Waals surface area (Å²) in [5.41, 5.74) is 1.44. The standard InChI is InChI=1S/C13H16ClNO2/c1-2-10(13(16)17)7-8-15-9-11-5-3-4-6-12(11)14/h3-7,15H,2,8-9H2,1H3,(H,16,17)/b10-7-. The van der Waals surface area contributed by atoms with Crippen LogP contribution >= 0.6 is 11.6 Å². The maximum absolute atomic E-state index is 10.7. The number of benzene rings is 1. The Kier molecular flexibility index (Phi) is 5.73. The van der Waals surface area contributed by atoms with Crippen molar-refractivity contribution in [1.82, 2.24) is 5.32 Å². The highest BCUT2D eigenvalue weighted by molar-refractivity contribution is 6.31. The van der Waals surface area contributed by atoms with Crippen LogP contribution in [-0.2, 0) is 11.3 Å². The van der Waals surface area contributed by atoms with Crippen molar-refractivity contribution in [3.05, 3.63) is 46.5 Å². The number of rotatable bonds is 6. The summed E-state index contributed by atoms with van der Waals surface area (Å²) in [4.78, 5) is 10.7. The molecular formula is C13H16ClNO2. The highest BCUT2D eigenvalue weighted by Gasteiger charge is 2.02. The van der Waals surface area contributed by atoms with Crippen molar-refractivity contribution in [2.24, 2.45) is 0 Å². The quantitative estimate of drug-likeness (QED) is 0.605. The molecule has 0 bridgehead atoms. The molecule has 0 aliphatic carbocycles. The van der Waals surface area contributed by atoms with Crippen LogP contribution in [0.1, 0.15) is 18.9 Å². The Hall–Kier alpha value is -1.32. The average Bonchev–Trinajstić information content (AvgIpc) is 2.31. The summed E-state index contributed by atoms with van der Waals surface area (Å²) in [6, 6.07) is 7.58. The molecular weight excluding hydrogens is 238 g/mol. The molecule has 0 saturated carbocycles. The van der Waals surface area contributed by atoms with Crippen molar-refractivity contribution in [1.29, 1.82) is 0 Å². The van der Waals surface area contributed by atoms with Gasteiger partial charge in [0.1, 0.15) is 0 Å². The van der Waals surface area contributed by atoms with Gasteiger partial charge in [0.05, 0.1) is 0 Å². The Morgan fingerprint density at radius 1 is 1.47 bits per heavy atom. The lowest BCUT2D eigenvalue weighted by Gasteiger charge is -2.05. The molecule has 0 unspecified atom stereocenters. The summed E-state index contributed by atoms with van der Waals surface area (Å²) in [5.74, 6) is -0.855. The number of hydrogen-bond acceptors (Lipinski definition) is 2. The normalized spacial score (nSPS) is 11.5. The van der Waals surface area contributed by atoms with E-state index in [2.05, 4.69) is 5.32 Å². The molecule has 0 atom stereocenters. The van der Waals surface area contributed by atoms with E-state index in [1.165, 1.54) is 0 Å². The van der Waals surface area contributed by atoms with Gasteiger partial charge in [0.25, 0.3) is 0 Å². The van der Waals surface area contributed by atoms with Crippen LogP contribution in [0.15, 0.2) is 35.9 Å². The third-order valence-electron chi connectivity index (χ3n) is 2.42. The topological polar surface area (TPSA) is 49.3 Å². The second-order valence-corrected chi connectivity index (χ2v) is 4.02. The van der Waals surface area contributed by atoms with Crippen LogP contribution < -0.4 is 5.32 Å². The second kappa shape index (κ2) is 7.09. The molecule has 0 amide bonds. The second-order valence-electron chi connectivity index (χ2n) is 3.61. The Bertz CT molecular complexity index is 416. The molecule has 0 aromatic heterocycles. The highest BCUT2D eigenvalue weighted by atomic mass is 35.5. The molecule has 2 N–H and O–H groups in total. The zero-order chi connectivity index (χ0) is 12.7. The van der Waals surface area contributed by atoms with Gasteiger partial charge in [-0.25, -0.2) is 4.79 Å². The fourth-order valence-electron chi connectivity index (χ4n) is 1.43. The van der Waals surface area contributed by atoms with Gasteiger partial charge in [0, 0.05) is 23.7 Å². The van der Waals surface area contributed by atoms with Crippen LogP contribution in [0.25, 0.3) is 0 Å². The van der Waals surface area contributed by atoms with Gasteiger partial charge in [-0.1, -0.05) is 42.8 Å². The average molecular weight is 254 g/mol. The molecule has 0 saturated heterocycles. The summed E-state index contributed by atoms with van der Waals surface area (Å²) in [5, 5.41) is 12.7. The van der Waals surface area contributed by atoms with Crippen molar-refractivity contribution in [2.75, 3.05) is 6.54 Å². The van der Waals surface area contributed by atoms with E-state index in [1.807, 2.05) is 31.2 Å². The lowest BCUT2D eigenvalue weighted by molar-refractivity contribution is -0.132. The van der Waals surface area contributed by atoms with E-state index in [0.29, 0.717) is 25.1 Å². The number of carboxylic acid groups (broad SMARTS) is 1. The third-order valence-corrected chi connectivity index (χ3v) is 2.79. The van der Waals surface area contributed by atoms with E-state index < -0.39 is 5.97 Å². The minimum atomic E-state index is -0.855. The number of nitrogens with one attached hydrogen (secondary N) is 1. The van der Waals surface area contributed by atoms with Gasteiger partial charge in [-0.3, -0.25) is 0 Å². The summed E-state index contributed by atoms with van der Waals surface area (Å²) in [6.07, 6.45) is 2.22. The van der Waals surface area contributed by atoms with Crippen LogP contribution in [0, 0.1) is 0 Å². The maximum atomic E-state index is 10.7. The molecule has 0 heterocycles. The van der Waals surface area contributed by atoms with Crippen molar-refractivity contribution in [3.8, 4) is 0 Å². The zero-order valence-electron chi connectivity index (χ0n) is 9.74. The molecule has 0 aliphatic rings. The first-order valence-corrected chi connectivity index (χ1v) is 5.89. The van der Waals surface area contributed by atoms with E-state index in [1.54, 1.807) is 6.08 Å². The maximum Gasteiger partial charge on any atom is 0.331 e. The van der Waals surface area contributed by atoms with E-state index in [4.69, 9.17) is 16.7 Å². The lowest BCUT2D eigenvalue weighted by atomic mass is 10.2. The molecule has 17 heavy (non-hydrogen) atoms. The van der Waals surface area contributed by atoms with Crippen molar-refractivity contribution >= 4 is 17.6 Å². The van der Waals surface area contributed by atoms with E-state index in [9.17, 15) is 4.79 Å². The van der Waals surface area contributed by atoms with Crippen molar-refractivity contribution in [2.45, 2.75) is 19.9 Å². The number of carbonyl (C=O) groups is 1. The first-order valence-electron chi connectivity index (χ1n) is 5.51. The van der Waals surface area contributed by atoms with Crippen molar-refractivity contribution < 1.29 is 9.90 Å². The van der Waals surface area contributed by atoms with E-state index in [-0.39, 0.29) is 0 Å². The Balaban J connectivity index is 2.43. The van der Waals surface area contributed by atoms with Gasteiger partial charge >= 0.3 is 5.97 Å². The predicted octanol–water partition coefficient (Wildman–Crippen LogP) is 2.85. The number of aliphatic carboxylic acids is 1. The Morgan fingerprint density at radius 3 is 2.76 bits per heavy atom.